The van der Waals surface area contributed by atoms with Crippen molar-refractivity contribution in [3.05, 3.63) is 70.0 Å². The first-order chi connectivity index (χ1) is 18.3. The lowest BCUT2D eigenvalue weighted by atomic mass is 9.99. The second-order valence-electron chi connectivity index (χ2n) is 10.2. The Morgan fingerprint density at radius 3 is 2.79 bits per heavy atom. The van der Waals surface area contributed by atoms with Crippen LogP contribution in [0.5, 0.6) is 0 Å². The predicted octanol–water partition coefficient (Wildman–Crippen LogP) is 7.31. The van der Waals surface area contributed by atoms with Crippen molar-refractivity contribution in [3.63, 3.8) is 0 Å². The summed E-state index contributed by atoms with van der Waals surface area (Å²) in [5.74, 6) is 0.809. The summed E-state index contributed by atoms with van der Waals surface area (Å²) in [5.41, 5.74) is 3.85. The van der Waals surface area contributed by atoms with Crippen molar-refractivity contribution in [3.8, 4) is 0 Å². The Balaban J connectivity index is 1.44. The second-order valence-corrected chi connectivity index (χ2v) is 11.1. The number of nitrogens with one attached hydrogen (secondary N) is 2. The fourth-order valence-corrected chi connectivity index (χ4v) is 5.59. The molecular weight excluding hydrogens is 517 g/mol. The van der Waals surface area contributed by atoms with E-state index >= 15 is 0 Å². The van der Waals surface area contributed by atoms with Crippen LogP contribution in [-0.2, 0) is 0 Å². The number of imidazole rings is 1. The molecule has 2 unspecified atom stereocenters. The molecule has 6 nitrogen and oxygen atoms in total. The van der Waals surface area contributed by atoms with Gasteiger partial charge in [-0.1, -0.05) is 56.1 Å². The number of amides is 1. The molecule has 0 aliphatic carbocycles. The van der Waals surface area contributed by atoms with E-state index in [1.807, 2.05) is 48.2 Å². The first-order valence-corrected chi connectivity index (χ1v) is 14.5. The van der Waals surface area contributed by atoms with E-state index in [-0.39, 0.29) is 18.0 Å². The summed E-state index contributed by atoms with van der Waals surface area (Å²) in [6.45, 7) is 14.4. The number of benzene rings is 2. The molecule has 38 heavy (non-hydrogen) atoms. The van der Waals surface area contributed by atoms with Crippen LogP contribution in [0.15, 0.2) is 43.0 Å². The van der Waals surface area contributed by atoms with Gasteiger partial charge in [0.1, 0.15) is 5.82 Å². The average molecular weight is 557 g/mol. The van der Waals surface area contributed by atoms with E-state index in [9.17, 15) is 4.79 Å². The first-order valence-electron chi connectivity index (χ1n) is 13.7. The Bertz CT molecular complexity index is 1270. The molecule has 3 aromatic rings. The van der Waals surface area contributed by atoms with Crippen molar-refractivity contribution < 1.29 is 4.79 Å². The van der Waals surface area contributed by atoms with Gasteiger partial charge in [-0.2, -0.15) is 0 Å². The smallest absolute Gasteiger partial charge is 0.255 e. The summed E-state index contributed by atoms with van der Waals surface area (Å²) in [7, 11) is 0. The average Bonchev–Trinajstić information content (AvgIpc) is 3.34. The lowest BCUT2D eigenvalue weighted by Gasteiger charge is -2.39. The number of aromatic nitrogens is 2. The topological polar surface area (TPSA) is 64.3 Å². The van der Waals surface area contributed by atoms with Gasteiger partial charge in [-0.3, -0.25) is 4.79 Å². The molecule has 1 amide bonds. The van der Waals surface area contributed by atoms with Crippen molar-refractivity contribution >= 4 is 45.8 Å². The third kappa shape index (κ3) is 6.71. The van der Waals surface area contributed by atoms with Crippen LogP contribution in [0.4, 0.5) is 0 Å². The highest BCUT2D eigenvalue weighted by Gasteiger charge is 2.30. The highest BCUT2D eigenvalue weighted by molar-refractivity contribution is 6.34. The molecule has 1 aliphatic rings. The van der Waals surface area contributed by atoms with Gasteiger partial charge in [0.05, 0.1) is 27.7 Å². The zero-order chi connectivity index (χ0) is 27.2. The molecule has 2 N–H and O–H groups in total. The molecule has 2 atom stereocenters. The van der Waals surface area contributed by atoms with Crippen LogP contribution >= 0.6 is 23.2 Å². The molecule has 2 heterocycles. The monoisotopic (exact) mass is 555 g/mol. The molecule has 0 spiro atoms. The van der Waals surface area contributed by atoms with E-state index in [0.717, 1.165) is 67.9 Å². The van der Waals surface area contributed by atoms with Crippen LogP contribution in [0, 0.1) is 0 Å². The SMILES string of the molecule is C=C(NC(C)c1nc2cc(Cl)ccc2[nH]1)c1ccc(C(=O)N2CCCCC2CN(CC)CCCC)c(Cl)c1. The number of hydrogen-bond acceptors (Lipinski definition) is 4. The molecular formula is C30H39Cl2N5O. The molecule has 1 aromatic heterocycles. The van der Waals surface area contributed by atoms with Gasteiger partial charge >= 0.3 is 0 Å². The van der Waals surface area contributed by atoms with E-state index in [2.05, 4.69) is 40.6 Å². The predicted molar refractivity (Wildman–Crippen MR) is 159 cm³/mol. The van der Waals surface area contributed by atoms with Gasteiger partial charge in [0, 0.05) is 29.9 Å². The van der Waals surface area contributed by atoms with E-state index in [0.29, 0.717) is 21.3 Å². The minimum atomic E-state index is -0.114. The first kappa shape index (κ1) is 28.5. The number of likely N-dealkylation sites (tertiary alicyclic amines) is 1. The number of aromatic amines is 1. The van der Waals surface area contributed by atoms with Gasteiger partial charge in [-0.05, 0) is 81.6 Å². The van der Waals surface area contributed by atoms with Crippen LogP contribution < -0.4 is 5.32 Å². The number of carbonyl (C=O) groups is 1. The van der Waals surface area contributed by atoms with E-state index in [1.165, 1.54) is 12.8 Å². The van der Waals surface area contributed by atoms with Gasteiger partial charge in [0.25, 0.3) is 5.91 Å². The second kappa shape index (κ2) is 13.0. The van der Waals surface area contributed by atoms with Crippen LogP contribution in [0.25, 0.3) is 16.7 Å². The normalized spacial score (nSPS) is 16.7. The summed E-state index contributed by atoms with van der Waals surface area (Å²) in [4.78, 5) is 26.1. The third-order valence-corrected chi connectivity index (χ3v) is 7.99. The number of H-pyrrole nitrogens is 1. The standard InChI is InChI=1S/C30H39Cl2N5O/c1-5-7-15-36(6-2)19-24-10-8-9-16-37(24)30(38)25-13-11-22(17-26(25)32)20(3)33-21(4)29-34-27-14-12-23(31)18-28(27)35-29/h11-14,17-18,21,24,33H,3,5-10,15-16,19H2,1-2,4H3,(H,34,35). The largest absolute Gasteiger partial charge is 0.375 e. The van der Waals surface area contributed by atoms with Gasteiger partial charge in [-0.15, -0.1) is 0 Å². The van der Waals surface area contributed by atoms with Gasteiger partial charge in [-0.25, -0.2) is 4.98 Å². The molecule has 2 aromatic carbocycles. The van der Waals surface area contributed by atoms with Crippen LogP contribution in [-0.4, -0.2) is 57.9 Å². The summed E-state index contributed by atoms with van der Waals surface area (Å²) >= 11 is 12.8. The Morgan fingerprint density at radius 2 is 2.05 bits per heavy atom. The maximum absolute atomic E-state index is 13.6. The molecule has 4 rings (SSSR count). The number of carbonyl (C=O) groups excluding carboxylic acids is 1. The minimum Gasteiger partial charge on any atom is -0.375 e. The van der Waals surface area contributed by atoms with Crippen LogP contribution in [0.2, 0.25) is 10.0 Å². The quantitative estimate of drug-likeness (QED) is 0.260. The summed E-state index contributed by atoms with van der Waals surface area (Å²) in [6.07, 6.45) is 5.59. The Labute approximate surface area is 236 Å². The van der Waals surface area contributed by atoms with E-state index < -0.39 is 0 Å². The van der Waals surface area contributed by atoms with Crippen molar-refractivity contribution in [2.24, 2.45) is 0 Å². The number of hydrogen-bond donors (Lipinski definition) is 2. The molecule has 8 heteroatoms. The fourth-order valence-electron chi connectivity index (χ4n) is 5.16. The van der Waals surface area contributed by atoms with Crippen LogP contribution in [0.1, 0.15) is 80.7 Å². The maximum atomic E-state index is 13.6. The number of halogens is 2. The zero-order valence-electron chi connectivity index (χ0n) is 22.7. The Morgan fingerprint density at radius 1 is 1.24 bits per heavy atom. The highest BCUT2D eigenvalue weighted by atomic mass is 35.5. The highest BCUT2D eigenvalue weighted by Crippen LogP contribution is 2.28. The lowest BCUT2D eigenvalue weighted by molar-refractivity contribution is 0.0547. The summed E-state index contributed by atoms with van der Waals surface area (Å²) in [5, 5.41) is 4.50. The van der Waals surface area contributed by atoms with Gasteiger partial charge < -0.3 is 20.1 Å². The van der Waals surface area contributed by atoms with Gasteiger partial charge in [0.2, 0.25) is 0 Å². The Kier molecular flexibility index (Phi) is 9.74. The molecule has 204 valence electrons. The molecule has 1 fully saturated rings. The van der Waals surface area contributed by atoms with E-state index in [4.69, 9.17) is 23.2 Å². The minimum absolute atomic E-state index is 0.0191. The number of likely N-dealkylation sites (N-methyl/N-ethyl adjacent to an activating group) is 1. The van der Waals surface area contributed by atoms with Crippen molar-refractivity contribution in [2.45, 2.75) is 65.0 Å². The number of piperidine rings is 1. The molecule has 0 bridgehead atoms. The number of nitrogens with zero attached hydrogens (tertiary/aromatic N) is 3. The van der Waals surface area contributed by atoms with Gasteiger partial charge in [0.15, 0.2) is 0 Å². The molecule has 1 saturated heterocycles. The summed E-state index contributed by atoms with van der Waals surface area (Å²) in [6, 6.07) is 11.3. The maximum Gasteiger partial charge on any atom is 0.255 e. The van der Waals surface area contributed by atoms with Crippen molar-refractivity contribution in [1.29, 1.82) is 0 Å². The van der Waals surface area contributed by atoms with Crippen molar-refractivity contribution in [1.82, 2.24) is 25.1 Å². The Hall–Kier alpha value is -2.54. The fraction of sp³-hybridized carbons (Fsp3) is 0.467. The zero-order valence-corrected chi connectivity index (χ0v) is 24.2. The number of rotatable bonds is 11. The summed E-state index contributed by atoms with van der Waals surface area (Å²) < 4.78 is 0. The van der Waals surface area contributed by atoms with Crippen LogP contribution in [0.3, 0.4) is 0 Å². The third-order valence-electron chi connectivity index (χ3n) is 7.44. The molecule has 0 radical (unpaired) electrons. The van der Waals surface area contributed by atoms with E-state index in [1.54, 1.807) is 0 Å². The molecule has 0 saturated carbocycles. The number of fused-ring (bicyclic) bond motifs is 1. The lowest BCUT2D eigenvalue weighted by Crippen LogP contribution is -2.49. The number of unbranched alkanes of at least 4 members (excludes halogenated alkanes) is 1. The molecule has 1 aliphatic heterocycles. The van der Waals surface area contributed by atoms with Crippen molar-refractivity contribution in [2.75, 3.05) is 26.2 Å².